The molecule has 0 bridgehead atoms. The predicted molar refractivity (Wildman–Crippen MR) is 97.9 cm³/mol. The number of thioether (sulfide) groups is 1. The molecular weight excluding hydrogens is 324 g/mol. The fraction of sp³-hybridized carbons (Fsp3) is 0.353. The Morgan fingerprint density at radius 3 is 2.67 bits per heavy atom. The van der Waals surface area contributed by atoms with E-state index < -0.39 is 5.97 Å². The molecule has 0 spiro atoms. The van der Waals surface area contributed by atoms with Crippen LogP contribution in [0.5, 0.6) is 0 Å². The van der Waals surface area contributed by atoms with E-state index in [0.29, 0.717) is 16.3 Å². The second-order valence-corrected chi connectivity index (χ2v) is 5.90. The lowest BCUT2D eigenvalue weighted by atomic mass is 10.1. The van der Waals surface area contributed by atoms with Gasteiger partial charge in [0.05, 0.1) is 11.2 Å². The molecule has 2 aromatic rings. The number of carboxylic acids is 1. The number of nitrogens with zero attached hydrogens (tertiary/aromatic N) is 3. The molecule has 0 saturated heterocycles. The number of fused-ring (bicyclic) bond motifs is 1. The zero-order valence-corrected chi connectivity index (χ0v) is 14.8. The number of benzene rings is 1. The van der Waals surface area contributed by atoms with Crippen molar-refractivity contribution in [2.45, 2.75) is 18.9 Å². The molecule has 126 valence electrons. The van der Waals surface area contributed by atoms with Crippen molar-refractivity contribution in [3.8, 4) is 6.07 Å². The maximum Gasteiger partial charge on any atom is 0.322 e. The summed E-state index contributed by atoms with van der Waals surface area (Å²) >= 11 is 1.37. The van der Waals surface area contributed by atoms with Crippen LogP contribution >= 0.6 is 11.8 Å². The van der Waals surface area contributed by atoms with Crippen LogP contribution in [0.3, 0.4) is 0 Å². The SMILES string of the molecule is CCN(CC)c1ccc2nc(SC)c(C#N)c(NCC(=O)O)c2c1. The summed E-state index contributed by atoms with van der Waals surface area (Å²) in [5, 5.41) is 22.7. The van der Waals surface area contributed by atoms with Crippen molar-refractivity contribution in [2.75, 3.05) is 36.1 Å². The predicted octanol–water partition coefficient (Wildman–Crippen LogP) is 3.17. The third-order valence-electron chi connectivity index (χ3n) is 3.79. The number of nitrogens with one attached hydrogen (secondary N) is 1. The van der Waals surface area contributed by atoms with E-state index in [-0.39, 0.29) is 6.54 Å². The molecule has 0 atom stereocenters. The Kier molecular flexibility index (Phi) is 5.88. The van der Waals surface area contributed by atoms with Crippen LogP contribution in [0.4, 0.5) is 11.4 Å². The van der Waals surface area contributed by atoms with Crippen molar-refractivity contribution in [1.29, 1.82) is 5.26 Å². The van der Waals surface area contributed by atoms with E-state index in [2.05, 4.69) is 35.1 Å². The van der Waals surface area contributed by atoms with E-state index in [4.69, 9.17) is 5.11 Å². The van der Waals surface area contributed by atoms with Crippen molar-refractivity contribution >= 4 is 40.0 Å². The summed E-state index contributed by atoms with van der Waals surface area (Å²) < 4.78 is 0. The molecule has 0 aliphatic rings. The molecule has 1 aromatic carbocycles. The van der Waals surface area contributed by atoms with E-state index >= 15 is 0 Å². The van der Waals surface area contributed by atoms with Gasteiger partial charge in [0.1, 0.15) is 23.2 Å². The van der Waals surface area contributed by atoms with Crippen LogP contribution in [-0.2, 0) is 4.79 Å². The molecular formula is C17H20N4O2S. The molecule has 1 heterocycles. The van der Waals surface area contributed by atoms with Crippen LogP contribution in [0, 0.1) is 11.3 Å². The minimum absolute atomic E-state index is 0.253. The van der Waals surface area contributed by atoms with Gasteiger partial charge in [-0.1, -0.05) is 0 Å². The first-order valence-electron chi connectivity index (χ1n) is 7.68. The molecule has 0 saturated carbocycles. The number of aromatic nitrogens is 1. The fourth-order valence-corrected chi connectivity index (χ4v) is 3.15. The lowest BCUT2D eigenvalue weighted by Gasteiger charge is -2.22. The molecule has 2 rings (SSSR count). The highest BCUT2D eigenvalue weighted by atomic mass is 32.2. The van der Waals surface area contributed by atoms with Crippen LogP contribution in [-0.4, -0.2) is 41.9 Å². The van der Waals surface area contributed by atoms with Gasteiger partial charge in [-0.15, -0.1) is 11.8 Å². The van der Waals surface area contributed by atoms with E-state index in [1.54, 1.807) is 0 Å². The average Bonchev–Trinajstić information content (AvgIpc) is 2.59. The summed E-state index contributed by atoms with van der Waals surface area (Å²) in [7, 11) is 0. The van der Waals surface area contributed by atoms with Gasteiger partial charge in [0.15, 0.2) is 0 Å². The average molecular weight is 344 g/mol. The standard InChI is InChI=1S/C17H20N4O2S/c1-4-21(5-2)11-6-7-14-12(8-11)16(19-10-15(22)23)13(9-18)17(20-14)24-3/h6-8H,4-5,10H2,1-3H3,(H,19,20)(H,22,23). The second-order valence-electron chi connectivity index (χ2n) is 5.10. The van der Waals surface area contributed by atoms with Crippen LogP contribution in [0.1, 0.15) is 19.4 Å². The molecule has 7 heteroatoms. The Bertz CT molecular complexity index is 797. The minimum Gasteiger partial charge on any atom is -0.480 e. The number of rotatable bonds is 7. The molecule has 2 N–H and O–H groups in total. The molecule has 0 fully saturated rings. The zero-order chi connectivity index (χ0) is 17.7. The highest BCUT2D eigenvalue weighted by Gasteiger charge is 2.16. The molecule has 1 aromatic heterocycles. The first-order chi connectivity index (χ1) is 11.5. The summed E-state index contributed by atoms with van der Waals surface area (Å²) in [6, 6.07) is 8.03. The van der Waals surface area contributed by atoms with Gasteiger partial charge in [-0.2, -0.15) is 5.26 Å². The second kappa shape index (κ2) is 7.88. The molecule has 0 amide bonds. The maximum atomic E-state index is 11.0. The van der Waals surface area contributed by atoms with Crippen molar-refractivity contribution in [2.24, 2.45) is 0 Å². The van der Waals surface area contributed by atoms with Crippen molar-refractivity contribution in [1.82, 2.24) is 4.98 Å². The van der Waals surface area contributed by atoms with Gasteiger partial charge in [-0.25, -0.2) is 4.98 Å². The molecule has 0 radical (unpaired) electrons. The smallest absolute Gasteiger partial charge is 0.322 e. The van der Waals surface area contributed by atoms with Gasteiger partial charge in [-0.3, -0.25) is 4.79 Å². The summed E-state index contributed by atoms with van der Waals surface area (Å²) in [6.45, 7) is 5.62. The molecule has 0 aliphatic heterocycles. The summed E-state index contributed by atoms with van der Waals surface area (Å²) in [5.74, 6) is -0.977. The Balaban J connectivity index is 2.70. The Hall–Kier alpha value is -2.46. The number of carboxylic acid groups (broad SMARTS) is 1. The summed E-state index contributed by atoms with van der Waals surface area (Å²) in [4.78, 5) is 17.7. The van der Waals surface area contributed by atoms with Gasteiger partial charge in [0, 0.05) is 24.2 Å². The first kappa shape index (κ1) is 17.9. The molecule has 0 unspecified atom stereocenters. The van der Waals surface area contributed by atoms with E-state index in [1.807, 2.05) is 24.5 Å². The molecule has 0 aliphatic carbocycles. The topological polar surface area (TPSA) is 89.3 Å². The number of pyridine rings is 1. The van der Waals surface area contributed by atoms with Crippen molar-refractivity contribution in [3.05, 3.63) is 23.8 Å². The van der Waals surface area contributed by atoms with Gasteiger partial charge in [0.2, 0.25) is 0 Å². The maximum absolute atomic E-state index is 11.0. The quantitative estimate of drug-likeness (QED) is 0.746. The Labute approximate surface area is 145 Å². The normalized spacial score (nSPS) is 10.4. The molecule has 6 nitrogen and oxygen atoms in total. The van der Waals surface area contributed by atoms with E-state index in [9.17, 15) is 10.1 Å². The van der Waals surface area contributed by atoms with E-state index in [0.717, 1.165) is 29.7 Å². The monoisotopic (exact) mass is 344 g/mol. The van der Waals surface area contributed by atoms with Gasteiger partial charge in [-0.05, 0) is 38.3 Å². The number of nitriles is 1. The lowest BCUT2D eigenvalue weighted by molar-refractivity contribution is -0.134. The number of aliphatic carboxylic acids is 1. The zero-order valence-electron chi connectivity index (χ0n) is 14.0. The summed E-state index contributed by atoms with van der Waals surface area (Å²) in [5.41, 5.74) is 2.67. The van der Waals surface area contributed by atoms with Crippen LogP contribution in [0.25, 0.3) is 10.9 Å². The summed E-state index contributed by atoms with van der Waals surface area (Å²) in [6.07, 6.45) is 1.85. The van der Waals surface area contributed by atoms with Gasteiger partial charge < -0.3 is 15.3 Å². The number of hydrogen-bond donors (Lipinski definition) is 2. The van der Waals surface area contributed by atoms with Crippen LogP contribution < -0.4 is 10.2 Å². The number of carbonyl (C=O) groups is 1. The largest absolute Gasteiger partial charge is 0.480 e. The van der Waals surface area contributed by atoms with Crippen LogP contribution in [0.2, 0.25) is 0 Å². The third-order valence-corrected chi connectivity index (χ3v) is 4.47. The fourth-order valence-electron chi connectivity index (χ4n) is 2.61. The van der Waals surface area contributed by atoms with Crippen molar-refractivity contribution in [3.63, 3.8) is 0 Å². The lowest BCUT2D eigenvalue weighted by Crippen LogP contribution is -2.21. The molecule has 24 heavy (non-hydrogen) atoms. The van der Waals surface area contributed by atoms with E-state index in [1.165, 1.54) is 11.8 Å². The number of anilines is 2. The van der Waals surface area contributed by atoms with Crippen molar-refractivity contribution < 1.29 is 9.90 Å². The van der Waals surface area contributed by atoms with Gasteiger partial charge in [0.25, 0.3) is 0 Å². The van der Waals surface area contributed by atoms with Gasteiger partial charge >= 0.3 is 5.97 Å². The number of hydrogen-bond acceptors (Lipinski definition) is 6. The highest BCUT2D eigenvalue weighted by Crippen LogP contribution is 2.34. The highest BCUT2D eigenvalue weighted by molar-refractivity contribution is 7.98. The van der Waals surface area contributed by atoms with Crippen LogP contribution in [0.15, 0.2) is 23.2 Å². The Morgan fingerprint density at radius 2 is 2.12 bits per heavy atom. The first-order valence-corrected chi connectivity index (χ1v) is 8.90. The Morgan fingerprint density at radius 1 is 1.42 bits per heavy atom. The minimum atomic E-state index is -0.977. The third kappa shape index (κ3) is 3.54.